The Morgan fingerprint density at radius 1 is 1.38 bits per heavy atom. The number of phosphoric acid groups is 1. The molecule has 0 saturated heterocycles. The van der Waals surface area contributed by atoms with Gasteiger partial charge in [-0.25, -0.2) is 4.57 Å². The highest BCUT2D eigenvalue weighted by molar-refractivity contribution is 7.45. The second kappa shape index (κ2) is 4.73. The van der Waals surface area contributed by atoms with Crippen LogP contribution < -0.4 is 0 Å². The molecule has 0 atom stereocenters. The molecule has 6 nitrogen and oxygen atoms in total. The minimum absolute atomic E-state index is 2.25. The molecule has 8 heavy (non-hydrogen) atoms. The SMILES string of the molecule is C=NO.O=P(O)(O)O. The highest BCUT2D eigenvalue weighted by Gasteiger charge is 2.00. The first-order valence-corrected chi connectivity index (χ1v) is 2.86. The molecule has 0 aromatic rings. The molecule has 0 heterocycles. The third-order valence-corrected chi connectivity index (χ3v) is 0. The minimum atomic E-state index is -4.64. The van der Waals surface area contributed by atoms with E-state index in [0.29, 0.717) is 0 Å². The van der Waals surface area contributed by atoms with Gasteiger partial charge in [-0.3, -0.25) is 0 Å². The van der Waals surface area contributed by atoms with Crippen molar-refractivity contribution in [3.8, 4) is 0 Å². The van der Waals surface area contributed by atoms with Gasteiger partial charge in [0.15, 0.2) is 0 Å². The van der Waals surface area contributed by atoms with Crippen molar-refractivity contribution in [1.29, 1.82) is 0 Å². The first-order chi connectivity index (χ1) is 3.41. The van der Waals surface area contributed by atoms with Crippen LogP contribution in [-0.2, 0) is 4.57 Å². The van der Waals surface area contributed by atoms with Crippen LogP contribution in [0.3, 0.4) is 0 Å². The second-order valence-electron chi connectivity index (χ2n) is 0.655. The van der Waals surface area contributed by atoms with Gasteiger partial charge < -0.3 is 19.9 Å². The fourth-order valence-electron chi connectivity index (χ4n) is 0. The molecule has 0 spiro atoms. The van der Waals surface area contributed by atoms with E-state index in [1.54, 1.807) is 0 Å². The Hall–Kier alpha value is -0.420. The quantitative estimate of drug-likeness (QED) is 0.153. The summed E-state index contributed by atoms with van der Waals surface area (Å²) in [6.45, 7) is 2.67. The molecule has 50 valence electrons. The molecular weight excluding hydrogens is 137 g/mol. The highest BCUT2D eigenvalue weighted by atomic mass is 31.2. The predicted molar refractivity (Wildman–Crippen MR) is 25.6 cm³/mol. The summed E-state index contributed by atoms with van der Waals surface area (Å²) in [4.78, 5) is 21.6. The molecule has 4 N–H and O–H groups in total. The van der Waals surface area contributed by atoms with Gasteiger partial charge in [-0.15, -0.1) is 5.16 Å². The highest BCUT2D eigenvalue weighted by Crippen LogP contribution is 2.25. The topological polar surface area (TPSA) is 110 Å². The normalized spacial score (nSPS) is 8.88. The molecular formula is CH6NO5P. The van der Waals surface area contributed by atoms with E-state index in [1.165, 1.54) is 0 Å². The fraction of sp³-hybridized carbons (Fsp3) is 0. The summed E-state index contributed by atoms with van der Waals surface area (Å²) >= 11 is 0. The first kappa shape index (κ1) is 10.5. The van der Waals surface area contributed by atoms with Crippen LogP contribution in [0.1, 0.15) is 0 Å². The zero-order valence-electron chi connectivity index (χ0n) is 3.80. The Balaban J connectivity index is 0. The van der Waals surface area contributed by atoms with E-state index < -0.39 is 7.82 Å². The molecule has 0 rings (SSSR count). The van der Waals surface area contributed by atoms with Gasteiger partial charge in [-0.1, -0.05) is 0 Å². The number of rotatable bonds is 0. The van der Waals surface area contributed by atoms with Crippen LogP contribution in [0.4, 0.5) is 0 Å². The maximum atomic E-state index is 8.88. The Kier molecular flexibility index (Phi) is 6.23. The zero-order valence-corrected chi connectivity index (χ0v) is 4.69. The van der Waals surface area contributed by atoms with E-state index in [-0.39, 0.29) is 0 Å². The molecule has 0 aromatic carbocycles. The third-order valence-electron chi connectivity index (χ3n) is 0. The lowest BCUT2D eigenvalue weighted by atomic mass is 11.8. The Bertz CT molecular complexity index is 86.3. The van der Waals surface area contributed by atoms with Crippen LogP contribution in [0.5, 0.6) is 0 Å². The lowest BCUT2D eigenvalue weighted by molar-refractivity contribution is 0.275. The molecule has 0 aromatic heterocycles. The molecule has 0 amide bonds. The Labute approximate surface area is 45.3 Å². The van der Waals surface area contributed by atoms with Crippen LogP contribution in [0.2, 0.25) is 0 Å². The van der Waals surface area contributed by atoms with Gasteiger partial charge in [-0.05, 0) is 0 Å². The van der Waals surface area contributed by atoms with E-state index in [4.69, 9.17) is 24.5 Å². The van der Waals surface area contributed by atoms with Crippen LogP contribution in [0, 0.1) is 0 Å². The summed E-state index contributed by atoms with van der Waals surface area (Å²) in [5.74, 6) is 0. The molecule has 0 aliphatic carbocycles. The van der Waals surface area contributed by atoms with Crippen molar-refractivity contribution in [2.75, 3.05) is 0 Å². The summed E-state index contributed by atoms with van der Waals surface area (Å²) in [5, 5.41) is 9.33. The van der Waals surface area contributed by atoms with Gasteiger partial charge >= 0.3 is 7.82 Å². The van der Waals surface area contributed by atoms with Gasteiger partial charge in [0.25, 0.3) is 0 Å². The molecule has 0 aliphatic rings. The molecule has 7 heteroatoms. The van der Waals surface area contributed by atoms with Crippen LogP contribution in [0.15, 0.2) is 5.16 Å². The average molecular weight is 143 g/mol. The average Bonchev–Trinajstić information content (AvgIpc) is 1.27. The van der Waals surface area contributed by atoms with E-state index in [0.717, 1.165) is 0 Å². The van der Waals surface area contributed by atoms with Gasteiger partial charge in [0.2, 0.25) is 0 Å². The first-order valence-electron chi connectivity index (χ1n) is 1.30. The maximum Gasteiger partial charge on any atom is 0.466 e. The van der Waals surface area contributed by atoms with Crippen molar-refractivity contribution in [3.05, 3.63) is 0 Å². The zero-order chi connectivity index (χ0) is 7.21. The summed E-state index contributed by atoms with van der Waals surface area (Å²) in [7, 11) is -4.64. The van der Waals surface area contributed by atoms with Crippen LogP contribution in [-0.4, -0.2) is 26.6 Å². The fourth-order valence-corrected chi connectivity index (χ4v) is 0. The van der Waals surface area contributed by atoms with Gasteiger partial charge in [-0.2, -0.15) is 0 Å². The van der Waals surface area contributed by atoms with Gasteiger partial charge in [0.1, 0.15) is 0 Å². The third kappa shape index (κ3) is 664. The van der Waals surface area contributed by atoms with Crippen molar-refractivity contribution in [2.24, 2.45) is 5.16 Å². The summed E-state index contributed by atoms with van der Waals surface area (Å²) in [6, 6.07) is 0. The second-order valence-corrected chi connectivity index (χ2v) is 1.68. The number of hydrogen-bond acceptors (Lipinski definition) is 3. The van der Waals surface area contributed by atoms with Crippen molar-refractivity contribution < 1.29 is 24.5 Å². The number of oxime groups is 1. The summed E-state index contributed by atoms with van der Waals surface area (Å²) < 4.78 is 8.88. The lowest BCUT2D eigenvalue weighted by Gasteiger charge is -1.82. The Morgan fingerprint density at radius 3 is 1.38 bits per heavy atom. The molecule has 0 aliphatic heterocycles. The molecule has 0 radical (unpaired) electrons. The van der Waals surface area contributed by atoms with Crippen molar-refractivity contribution >= 4 is 14.5 Å². The molecule has 0 bridgehead atoms. The van der Waals surface area contributed by atoms with Crippen molar-refractivity contribution in [2.45, 2.75) is 0 Å². The smallest absolute Gasteiger partial charge is 0.411 e. The van der Waals surface area contributed by atoms with E-state index in [2.05, 4.69) is 11.9 Å². The maximum absolute atomic E-state index is 8.88. The Morgan fingerprint density at radius 2 is 1.38 bits per heavy atom. The molecule has 0 saturated carbocycles. The van der Waals surface area contributed by atoms with E-state index >= 15 is 0 Å². The number of hydrogen-bond donors (Lipinski definition) is 4. The molecule has 0 unspecified atom stereocenters. The van der Waals surface area contributed by atoms with E-state index in [9.17, 15) is 0 Å². The van der Waals surface area contributed by atoms with E-state index in [1.807, 2.05) is 0 Å². The monoisotopic (exact) mass is 143 g/mol. The van der Waals surface area contributed by atoms with Gasteiger partial charge in [0, 0.05) is 6.72 Å². The minimum Gasteiger partial charge on any atom is -0.411 e. The summed E-state index contributed by atoms with van der Waals surface area (Å²) in [6.07, 6.45) is 0. The van der Waals surface area contributed by atoms with Crippen molar-refractivity contribution in [1.82, 2.24) is 0 Å². The number of nitrogens with zero attached hydrogens (tertiary/aromatic N) is 1. The largest absolute Gasteiger partial charge is 0.466 e. The van der Waals surface area contributed by atoms with Crippen LogP contribution in [0.25, 0.3) is 0 Å². The summed E-state index contributed by atoms with van der Waals surface area (Å²) in [5.41, 5.74) is 0. The van der Waals surface area contributed by atoms with Crippen molar-refractivity contribution in [3.63, 3.8) is 0 Å². The lowest BCUT2D eigenvalue weighted by Crippen LogP contribution is -1.66. The van der Waals surface area contributed by atoms with Gasteiger partial charge in [0.05, 0.1) is 0 Å². The predicted octanol–water partition coefficient (Wildman–Crippen LogP) is -0.852. The molecule has 0 fully saturated rings. The van der Waals surface area contributed by atoms with Crippen LogP contribution >= 0.6 is 7.82 Å². The standard InChI is InChI=1S/CH3NO.H3O4P/c1-2-3;1-5(2,3)4/h3H,1H2;(H3,1,2,3,4).